The van der Waals surface area contributed by atoms with Crippen molar-refractivity contribution in [3.63, 3.8) is 0 Å². The highest BCUT2D eigenvalue weighted by molar-refractivity contribution is 7.89. The molecule has 0 saturated heterocycles. The quantitative estimate of drug-likeness (QED) is 0.706. The highest BCUT2D eigenvalue weighted by Gasteiger charge is 2.29. The molecule has 1 unspecified atom stereocenters. The Morgan fingerprint density at radius 1 is 1.41 bits per heavy atom. The first-order valence-electron chi connectivity index (χ1n) is 6.68. The molecule has 2 N–H and O–H groups in total. The minimum atomic E-state index is -4.06. The summed E-state index contributed by atoms with van der Waals surface area (Å²) in [7, 11) is -2.56. The van der Waals surface area contributed by atoms with E-state index in [1.807, 2.05) is 0 Å². The zero-order valence-corrected chi connectivity index (χ0v) is 13.7. The fraction of sp³-hybridized carbons (Fsp3) is 0.538. The van der Waals surface area contributed by atoms with Gasteiger partial charge < -0.3 is 14.4 Å². The molecular formula is C13H20N2O6S. The number of aliphatic carboxylic acids is 1. The summed E-state index contributed by atoms with van der Waals surface area (Å²) in [4.78, 5) is 22.6. The number of nitrogens with zero attached hydrogens (tertiary/aromatic N) is 1. The fourth-order valence-electron chi connectivity index (χ4n) is 1.80. The van der Waals surface area contributed by atoms with Gasteiger partial charge in [-0.15, -0.1) is 0 Å². The Bertz CT molecular complexity index is 662. The Hall–Kier alpha value is -1.87. The second-order valence-electron chi connectivity index (χ2n) is 5.07. The largest absolute Gasteiger partial charge is 0.480 e. The van der Waals surface area contributed by atoms with Gasteiger partial charge in [-0.05, 0) is 18.9 Å². The molecule has 1 rings (SSSR count). The average Bonchev–Trinajstić information content (AvgIpc) is 2.78. The lowest BCUT2D eigenvalue weighted by Gasteiger charge is -2.17. The van der Waals surface area contributed by atoms with Crippen molar-refractivity contribution in [1.29, 1.82) is 0 Å². The molecule has 0 aliphatic carbocycles. The third-order valence-electron chi connectivity index (χ3n) is 2.99. The molecule has 1 heterocycles. The first kappa shape index (κ1) is 18.2. The Balaban J connectivity index is 3.11. The van der Waals surface area contributed by atoms with E-state index in [4.69, 9.17) is 9.84 Å². The number of nitrogens with one attached hydrogen (secondary N) is 1. The number of aromatic nitrogens is 1. The molecular weight excluding hydrogens is 312 g/mol. The molecule has 0 spiro atoms. The Morgan fingerprint density at radius 3 is 2.45 bits per heavy atom. The van der Waals surface area contributed by atoms with Gasteiger partial charge in [-0.2, -0.15) is 4.72 Å². The van der Waals surface area contributed by atoms with Crippen molar-refractivity contribution in [2.75, 3.05) is 6.61 Å². The first-order valence-corrected chi connectivity index (χ1v) is 8.17. The maximum Gasteiger partial charge on any atom is 0.354 e. The van der Waals surface area contributed by atoms with Crippen LogP contribution in [-0.2, 0) is 26.6 Å². The van der Waals surface area contributed by atoms with Gasteiger partial charge >= 0.3 is 11.9 Å². The zero-order chi connectivity index (χ0) is 17.1. The van der Waals surface area contributed by atoms with Crippen molar-refractivity contribution in [1.82, 2.24) is 9.29 Å². The van der Waals surface area contributed by atoms with Gasteiger partial charge in [0.15, 0.2) is 0 Å². The number of hydrogen-bond donors (Lipinski definition) is 2. The van der Waals surface area contributed by atoms with Gasteiger partial charge in [0, 0.05) is 13.2 Å². The monoisotopic (exact) mass is 332 g/mol. The molecule has 0 radical (unpaired) electrons. The van der Waals surface area contributed by atoms with Crippen LogP contribution >= 0.6 is 0 Å². The SMILES string of the molecule is CCOC(=O)c1cc(S(=O)(=O)NC(C(=O)O)C(C)C)cn1C. The molecule has 0 bridgehead atoms. The van der Waals surface area contributed by atoms with Crippen molar-refractivity contribution >= 4 is 22.0 Å². The second kappa shape index (κ2) is 6.93. The number of carboxylic acids is 1. The number of sulfonamides is 1. The summed E-state index contributed by atoms with van der Waals surface area (Å²) in [5.41, 5.74) is 0.0682. The standard InChI is InChI=1S/C13H20N2O6S/c1-5-21-13(18)10-6-9(7-15(10)4)22(19,20)14-11(8(2)3)12(16)17/h6-8,11,14H,5H2,1-4H3,(H,16,17). The number of carboxylic acid groups (broad SMARTS) is 1. The lowest BCUT2D eigenvalue weighted by atomic mass is 10.1. The van der Waals surface area contributed by atoms with Crippen molar-refractivity contribution in [2.24, 2.45) is 13.0 Å². The lowest BCUT2D eigenvalue weighted by Crippen LogP contribution is -2.44. The first-order chi connectivity index (χ1) is 10.1. The summed E-state index contributed by atoms with van der Waals surface area (Å²) in [6.07, 6.45) is 1.23. The van der Waals surface area contributed by atoms with Crippen LogP contribution in [-0.4, -0.2) is 42.7 Å². The van der Waals surface area contributed by atoms with Crippen LogP contribution in [0.3, 0.4) is 0 Å². The minimum Gasteiger partial charge on any atom is -0.480 e. The van der Waals surface area contributed by atoms with Crippen LogP contribution < -0.4 is 4.72 Å². The van der Waals surface area contributed by atoms with Gasteiger partial charge in [-0.3, -0.25) is 4.79 Å². The van der Waals surface area contributed by atoms with Gasteiger partial charge in [-0.1, -0.05) is 13.8 Å². The molecule has 0 amide bonds. The number of aryl methyl sites for hydroxylation is 1. The van der Waals surface area contributed by atoms with E-state index in [0.29, 0.717) is 0 Å². The predicted octanol–water partition coefficient (Wildman–Crippen LogP) is 0.589. The van der Waals surface area contributed by atoms with Crippen molar-refractivity contribution in [3.05, 3.63) is 18.0 Å². The molecule has 0 fully saturated rings. The second-order valence-corrected chi connectivity index (χ2v) is 6.79. The number of hydrogen-bond acceptors (Lipinski definition) is 5. The van der Waals surface area contributed by atoms with Crippen molar-refractivity contribution in [2.45, 2.75) is 31.7 Å². The summed E-state index contributed by atoms with van der Waals surface area (Å²) in [5.74, 6) is -2.34. The highest BCUT2D eigenvalue weighted by Crippen LogP contribution is 2.16. The molecule has 124 valence electrons. The van der Waals surface area contributed by atoms with Crippen molar-refractivity contribution in [3.8, 4) is 0 Å². The van der Waals surface area contributed by atoms with E-state index < -0.39 is 33.9 Å². The fourth-order valence-corrected chi connectivity index (χ4v) is 3.20. The van der Waals surface area contributed by atoms with Gasteiger partial charge in [0.25, 0.3) is 0 Å². The topological polar surface area (TPSA) is 115 Å². The molecule has 9 heteroatoms. The molecule has 0 aliphatic heterocycles. The van der Waals surface area contributed by atoms with Crippen LogP contribution in [0.1, 0.15) is 31.3 Å². The molecule has 0 aromatic carbocycles. The van der Waals surface area contributed by atoms with E-state index in [1.54, 1.807) is 20.8 Å². The molecule has 0 saturated carbocycles. The molecule has 8 nitrogen and oxygen atoms in total. The van der Waals surface area contributed by atoms with Crippen LogP contribution in [0.4, 0.5) is 0 Å². The van der Waals surface area contributed by atoms with Crippen LogP contribution in [0.5, 0.6) is 0 Å². The van der Waals surface area contributed by atoms with Crippen LogP contribution in [0.15, 0.2) is 17.2 Å². The number of carbonyl (C=O) groups excluding carboxylic acids is 1. The number of rotatable bonds is 7. The van der Waals surface area contributed by atoms with Crippen LogP contribution in [0.25, 0.3) is 0 Å². The molecule has 1 atom stereocenters. The minimum absolute atomic E-state index is 0.0682. The maximum atomic E-state index is 12.3. The molecule has 1 aromatic heterocycles. The highest BCUT2D eigenvalue weighted by atomic mass is 32.2. The predicted molar refractivity (Wildman–Crippen MR) is 78.0 cm³/mol. The summed E-state index contributed by atoms with van der Waals surface area (Å²) in [5, 5.41) is 9.07. The van der Waals surface area contributed by atoms with E-state index in [-0.39, 0.29) is 17.2 Å². The normalized spacial score (nSPS) is 13.1. The lowest BCUT2D eigenvalue weighted by molar-refractivity contribution is -0.140. The average molecular weight is 332 g/mol. The van der Waals surface area contributed by atoms with E-state index in [2.05, 4.69) is 4.72 Å². The van der Waals surface area contributed by atoms with E-state index >= 15 is 0 Å². The Labute approximate surface area is 129 Å². The van der Waals surface area contributed by atoms with Gasteiger partial charge in [-0.25, -0.2) is 13.2 Å². The third-order valence-corrected chi connectivity index (χ3v) is 4.40. The summed E-state index contributed by atoms with van der Waals surface area (Å²) in [6.45, 7) is 4.99. The summed E-state index contributed by atoms with van der Waals surface area (Å²) >= 11 is 0. The van der Waals surface area contributed by atoms with E-state index in [0.717, 1.165) is 6.07 Å². The van der Waals surface area contributed by atoms with Gasteiger partial charge in [0.05, 0.1) is 6.61 Å². The third kappa shape index (κ3) is 4.08. The Morgan fingerprint density at radius 2 is 2.00 bits per heavy atom. The van der Waals surface area contributed by atoms with Crippen LogP contribution in [0.2, 0.25) is 0 Å². The summed E-state index contributed by atoms with van der Waals surface area (Å²) in [6, 6.07) is -0.101. The smallest absolute Gasteiger partial charge is 0.354 e. The van der Waals surface area contributed by atoms with E-state index in [1.165, 1.54) is 17.8 Å². The summed E-state index contributed by atoms with van der Waals surface area (Å²) < 4.78 is 32.8. The maximum absolute atomic E-state index is 12.3. The molecule has 1 aromatic rings. The number of esters is 1. The molecule has 22 heavy (non-hydrogen) atoms. The number of carbonyl (C=O) groups is 2. The van der Waals surface area contributed by atoms with Crippen molar-refractivity contribution < 1.29 is 27.9 Å². The van der Waals surface area contributed by atoms with E-state index in [9.17, 15) is 18.0 Å². The van der Waals surface area contributed by atoms with Gasteiger partial charge in [0.1, 0.15) is 16.6 Å². The Kier molecular flexibility index (Phi) is 5.72. The molecule has 0 aliphatic rings. The van der Waals surface area contributed by atoms with Crippen LogP contribution in [0, 0.1) is 5.92 Å². The van der Waals surface area contributed by atoms with Gasteiger partial charge in [0.2, 0.25) is 10.0 Å². The zero-order valence-electron chi connectivity index (χ0n) is 12.9. The number of ether oxygens (including phenoxy) is 1.